The molecule has 16 nitrogen and oxygen atoms in total. The molecule has 39 heavy (non-hydrogen) atoms. The molecule has 0 saturated carbocycles. The van der Waals surface area contributed by atoms with Crippen molar-refractivity contribution < 1.29 is 52.0 Å². The van der Waals surface area contributed by atoms with Gasteiger partial charge in [-0.05, 0) is 35.9 Å². The van der Waals surface area contributed by atoms with Gasteiger partial charge in [0.2, 0.25) is 21.1 Å². The molecule has 0 aliphatic carbocycles. The normalized spacial score (nSPS) is 21.7. The van der Waals surface area contributed by atoms with Crippen LogP contribution in [0.1, 0.15) is 16.6 Å². The van der Waals surface area contributed by atoms with E-state index in [0.29, 0.717) is 0 Å². The van der Waals surface area contributed by atoms with Gasteiger partial charge in [-0.15, -0.1) is 0 Å². The number of sulfonamides is 1. The second-order valence-corrected chi connectivity index (χ2v) is 10.1. The number of rotatable bonds is 9. The Morgan fingerprint density at radius 3 is 2.36 bits per heavy atom. The molecule has 19 heteroatoms. The van der Waals surface area contributed by atoms with E-state index >= 15 is 4.39 Å². The molecule has 1 saturated heterocycles. The Morgan fingerprint density at radius 1 is 1.18 bits per heavy atom. The Balaban J connectivity index is 1.61. The first-order valence-corrected chi connectivity index (χ1v) is 12.5. The molecule has 3 aromatic rings. The summed E-state index contributed by atoms with van der Waals surface area (Å²) in [6.45, 7) is -1.08. The lowest BCUT2D eigenvalue weighted by molar-refractivity contribution is -0.181. The van der Waals surface area contributed by atoms with Crippen molar-refractivity contribution in [1.82, 2.24) is 19.5 Å². The number of aliphatic hydroxyl groups excluding tert-OH is 1. The molecule has 0 spiro atoms. The number of halogens is 2. The number of carbonyl (C=O) groups is 3. The quantitative estimate of drug-likeness (QED) is 0.115. The molecule has 0 amide bonds. The van der Waals surface area contributed by atoms with Crippen molar-refractivity contribution in [3.63, 3.8) is 0 Å². The van der Waals surface area contributed by atoms with Crippen molar-refractivity contribution in [3.05, 3.63) is 41.4 Å². The summed E-state index contributed by atoms with van der Waals surface area (Å²) in [4.78, 5) is 48.2. The molecule has 3 heterocycles. The molecule has 1 aliphatic rings. The van der Waals surface area contributed by atoms with Gasteiger partial charge in [0.05, 0.1) is 17.8 Å². The molecule has 4 atom stereocenters. The van der Waals surface area contributed by atoms with E-state index in [1.165, 1.54) is 0 Å². The van der Waals surface area contributed by atoms with Crippen LogP contribution < -0.4 is 10.9 Å². The van der Waals surface area contributed by atoms with E-state index in [1.807, 2.05) is 0 Å². The number of nitrogen functional groups attached to an aromatic ring is 1. The van der Waals surface area contributed by atoms with Gasteiger partial charge in [0.1, 0.15) is 17.7 Å². The van der Waals surface area contributed by atoms with E-state index in [0.717, 1.165) is 35.2 Å². The summed E-state index contributed by atoms with van der Waals surface area (Å²) >= 11 is 5.80. The zero-order chi connectivity index (χ0) is 28.9. The third-order valence-electron chi connectivity index (χ3n) is 5.82. The van der Waals surface area contributed by atoms with Crippen molar-refractivity contribution in [3.8, 4) is 0 Å². The number of aliphatic carboxylic acids is 2. The minimum Gasteiger partial charge on any atom is -0.478 e. The fourth-order valence-electron chi connectivity index (χ4n) is 3.84. The lowest BCUT2D eigenvalue weighted by atomic mass is 9.92. The van der Waals surface area contributed by atoms with E-state index in [9.17, 15) is 38.1 Å². The average molecular weight is 589 g/mol. The minimum absolute atomic E-state index is 0.0409. The number of fused-ring (bicyclic) bond motifs is 1. The summed E-state index contributed by atoms with van der Waals surface area (Å²) in [7, 11) is -4.17. The summed E-state index contributed by atoms with van der Waals surface area (Å²) in [5.41, 5.74) is 1.57. The van der Waals surface area contributed by atoms with Crippen molar-refractivity contribution in [1.29, 1.82) is 0 Å². The van der Waals surface area contributed by atoms with Crippen LogP contribution in [0.3, 0.4) is 0 Å². The monoisotopic (exact) mass is 588 g/mol. The van der Waals surface area contributed by atoms with Crippen molar-refractivity contribution in [2.75, 3.05) is 12.3 Å². The van der Waals surface area contributed by atoms with Gasteiger partial charge in [0.15, 0.2) is 23.9 Å². The van der Waals surface area contributed by atoms with E-state index < -0.39 is 75.0 Å². The zero-order valence-electron chi connectivity index (χ0n) is 19.2. The second-order valence-electron chi connectivity index (χ2n) is 8.20. The molecule has 2 aromatic heterocycles. The van der Waals surface area contributed by atoms with Crippen molar-refractivity contribution >= 4 is 56.3 Å². The van der Waals surface area contributed by atoms with Crippen LogP contribution >= 0.6 is 11.6 Å². The van der Waals surface area contributed by atoms with Crippen LogP contribution in [0.25, 0.3) is 11.2 Å². The number of nitrogens with zero attached hydrogens (tertiary/aromatic N) is 4. The van der Waals surface area contributed by atoms with E-state index in [-0.39, 0.29) is 22.3 Å². The van der Waals surface area contributed by atoms with Gasteiger partial charge in [-0.25, -0.2) is 32.5 Å². The fourth-order valence-corrected chi connectivity index (χ4v) is 4.53. The van der Waals surface area contributed by atoms with E-state index in [1.54, 1.807) is 0 Å². The number of carbonyl (C=O) groups excluding carboxylic acids is 1. The third kappa shape index (κ3) is 4.88. The number of ether oxygens (including phenoxy) is 2. The molecule has 0 bridgehead atoms. The number of anilines is 1. The van der Waals surface area contributed by atoms with Crippen LogP contribution in [0.15, 0.2) is 35.5 Å². The topological polar surface area (TPSA) is 260 Å². The van der Waals surface area contributed by atoms with Gasteiger partial charge >= 0.3 is 17.5 Å². The van der Waals surface area contributed by atoms with Gasteiger partial charge in [-0.1, -0.05) is 0 Å². The van der Waals surface area contributed by atoms with Gasteiger partial charge in [-0.3, -0.25) is 9.36 Å². The van der Waals surface area contributed by atoms with Crippen LogP contribution in [-0.4, -0.2) is 91.6 Å². The Kier molecular flexibility index (Phi) is 7.27. The number of hydrogen-bond donors (Lipinski definition) is 5. The Hall–Kier alpha value is -3.81. The number of carboxylic acids is 2. The standard InChI is InChI=1S/C20H18ClFN6O10S/c21-19-26-14(23)11-15(27-19)28(6-25-11)16-10(22)12(29)9(38-16)5-37-20(17(31)32,18(33)34)13(30)7-1-3-8(4-2-7)39(24,35)36/h1-4,6,9-10,12,16,29H,5H2,(H,31,32)(H,33,34)(H2,23,26,27)(H2,24,35,36)/t9-,10+,12-,16-/m1/s1. The Labute approximate surface area is 222 Å². The second kappa shape index (κ2) is 10.1. The highest BCUT2D eigenvalue weighted by Crippen LogP contribution is 2.35. The molecule has 4 rings (SSSR count). The Morgan fingerprint density at radius 2 is 1.79 bits per heavy atom. The predicted octanol–water partition coefficient (Wildman–Crippen LogP) is -0.887. The molecule has 1 fully saturated rings. The van der Waals surface area contributed by atoms with Gasteiger partial charge in [0.25, 0.3) is 0 Å². The number of imidazole rings is 1. The summed E-state index contributed by atoms with van der Waals surface area (Å²) in [5.74, 6) is -6.23. The number of nitrogens with two attached hydrogens (primary N) is 2. The lowest BCUT2D eigenvalue weighted by Crippen LogP contribution is -2.57. The summed E-state index contributed by atoms with van der Waals surface area (Å²) in [6, 6.07) is 3.39. The van der Waals surface area contributed by atoms with Crippen LogP contribution in [0, 0.1) is 0 Å². The maximum atomic E-state index is 15.1. The summed E-state index contributed by atoms with van der Waals surface area (Å²) < 4.78 is 49.5. The first-order valence-electron chi connectivity index (χ1n) is 10.6. The van der Waals surface area contributed by atoms with Gasteiger partial charge in [-0.2, -0.15) is 9.97 Å². The summed E-state index contributed by atoms with van der Waals surface area (Å²) in [6.07, 6.45) is -6.38. The van der Waals surface area contributed by atoms with Gasteiger partial charge in [0, 0.05) is 5.56 Å². The first-order chi connectivity index (χ1) is 18.2. The smallest absolute Gasteiger partial charge is 0.356 e. The average Bonchev–Trinajstić information content (AvgIpc) is 3.39. The number of aliphatic hydroxyl groups is 1. The number of ketones is 1. The molecule has 0 unspecified atom stereocenters. The highest BCUT2D eigenvalue weighted by atomic mass is 35.5. The fraction of sp³-hybridized carbons (Fsp3) is 0.300. The highest BCUT2D eigenvalue weighted by molar-refractivity contribution is 7.89. The summed E-state index contributed by atoms with van der Waals surface area (Å²) in [5, 5.41) is 34.5. The maximum Gasteiger partial charge on any atom is 0.356 e. The number of benzene rings is 1. The molecule has 208 valence electrons. The third-order valence-corrected chi connectivity index (χ3v) is 6.92. The lowest BCUT2D eigenvalue weighted by Gasteiger charge is -2.26. The van der Waals surface area contributed by atoms with E-state index in [2.05, 4.69) is 15.0 Å². The van der Waals surface area contributed by atoms with Crippen molar-refractivity contribution in [2.45, 2.75) is 35.1 Å². The molecule has 7 N–H and O–H groups in total. The van der Waals surface area contributed by atoms with Crippen LogP contribution in [0.4, 0.5) is 10.2 Å². The zero-order valence-corrected chi connectivity index (χ0v) is 20.8. The largest absolute Gasteiger partial charge is 0.478 e. The van der Waals surface area contributed by atoms with Crippen LogP contribution in [0.5, 0.6) is 0 Å². The maximum absolute atomic E-state index is 15.1. The van der Waals surface area contributed by atoms with E-state index in [4.69, 9.17) is 31.9 Å². The molecule has 1 aliphatic heterocycles. The molecule has 1 aromatic carbocycles. The Bertz CT molecular complexity index is 1570. The SMILES string of the molecule is Nc1nc(Cl)nc2c1ncn2[C@@H]1O[C@H](COC(C(=O)O)(C(=O)O)C(=O)c2ccc(S(N)(=O)=O)cc2)[C@@H](O)[C@@H]1F. The molecular formula is C20H18ClFN6O10S. The first kappa shape index (κ1) is 28.2. The van der Waals surface area contributed by atoms with Crippen LogP contribution in [-0.2, 0) is 29.1 Å². The number of alkyl halides is 1. The molecular weight excluding hydrogens is 571 g/mol. The predicted molar refractivity (Wildman–Crippen MR) is 126 cm³/mol. The van der Waals surface area contributed by atoms with Gasteiger partial charge < -0.3 is 30.5 Å². The number of primary sulfonamides is 1. The van der Waals surface area contributed by atoms with Crippen LogP contribution in [0.2, 0.25) is 5.28 Å². The minimum atomic E-state index is -4.17. The number of aromatic nitrogens is 4. The van der Waals surface area contributed by atoms with Crippen molar-refractivity contribution in [2.24, 2.45) is 5.14 Å². The number of hydrogen-bond acceptors (Lipinski definition) is 12. The number of carboxylic acid groups (broad SMARTS) is 2. The number of Topliss-reactive ketones (excluding diaryl/α,β-unsaturated/α-hetero) is 1. The highest BCUT2D eigenvalue weighted by Gasteiger charge is 2.57. The molecule has 0 radical (unpaired) electrons.